The van der Waals surface area contributed by atoms with Crippen molar-refractivity contribution in [2.45, 2.75) is 51.4 Å². The summed E-state index contributed by atoms with van der Waals surface area (Å²) in [5, 5.41) is 0.818. The van der Waals surface area contributed by atoms with Gasteiger partial charge in [-0.2, -0.15) is 0 Å². The van der Waals surface area contributed by atoms with Gasteiger partial charge in [-0.15, -0.1) is 0 Å². The van der Waals surface area contributed by atoms with Crippen LogP contribution in [0.25, 0.3) is 0 Å². The third-order valence-electron chi connectivity index (χ3n) is 4.34. The molecule has 0 atom stereocenters. The van der Waals surface area contributed by atoms with E-state index in [1.807, 2.05) is 12.1 Å². The van der Waals surface area contributed by atoms with Crippen LogP contribution in [-0.2, 0) is 6.42 Å². The van der Waals surface area contributed by atoms with Gasteiger partial charge in [-0.05, 0) is 48.9 Å². The molecular formula is C16H24ClN. The van der Waals surface area contributed by atoms with Crippen LogP contribution in [0.5, 0.6) is 0 Å². The van der Waals surface area contributed by atoms with E-state index in [1.165, 1.54) is 50.5 Å². The van der Waals surface area contributed by atoms with Gasteiger partial charge in [0.15, 0.2) is 0 Å². The first kappa shape index (κ1) is 13.9. The van der Waals surface area contributed by atoms with E-state index in [-0.39, 0.29) is 0 Å². The Bertz CT molecular complexity index is 350. The maximum absolute atomic E-state index is 6.11. The van der Waals surface area contributed by atoms with Crippen LogP contribution in [0.15, 0.2) is 24.3 Å². The largest absolute Gasteiger partial charge is 0.330 e. The Morgan fingerprint density at radius 1 is 0.944 bits per heavy atom. The lowest BCUT2D eigenvalue weighted by molar-refractivity contribution is 0.217. The Morgan fingerprint density at radius 2 is 1.50 bits per heavy atom. The maximum Gasteiger partial charge on any atom is 0.0406 e. The third kappa shape index (κ3) is 3.73. The van der Waals surface area contributed by atoms with E-state index in [9.17, 15) is 0 Å². The molecule has 0 radical (unpaired) electrons. The lowest BCUT2D eigenvalue weighted by Crippen LogP contribution is -2.33. The predicted octanol–water partition coefficient (Wildman–Crippen LogP) is 4.57. The highest BCUT2D eigenvalue weighted by atomic mass is 35.5. The molecular weight excluding hydrogens is 242 g/mol. The molecule has 100 valence electrons. The number of nitrogens with two attached hydrogens (primary N) is 1. The summed E-state index contributed by atoms with van der Waals surface area (Å²) < 4.78 is 0. The Kier molecular flexibility index (Phi) is 5.08. The van der Waals surface area contributed by atoms with Crippen molar-refractivity contribution < 1.29 is 0 Å². The summed E-state index contributed by atoms with van der Waals surface area (Å²) in [5.41, 5.74) is 7.82. The first-order valence-electron chi connectivity index (χ1n) is 7.19. The van der Waals surface area contributed by atoms with Crippen molar-refractivity contribution in [1.82, 2.24) is 0 Å². The first-order chi connectivity index (χ1) is 8.74. The highest BCUT2D eigenvalue weighted by Crippen LogP contribution is 2.36. The minimum atomic E-state index is 0.328. The van der Waals surface area contributed by atoms with Crippen LogP contribution in [0.4, 0.5) is 0 Å². The molecule has 1 aromatic carbocycles. The minimum absolute atomic E-state index is 0.328. The normalized spacial score (nSPS) is 20.1. The van der Waals surface area contributed by atoms with Gasteiger partial charge >= 0.3 is 0 Å². The summed E-state index contributed by atoms with van der Waals surface area (Å²) in [6, 6.07) is 8.28. The topological polar surface area (TPSA) is 26.0 Å². The standard InChI is InChI=1S/C16H24ClN/c17-15-8-6-14(7-9-15)12-16(13-18)10-4-2-1-3-5-11-16/h6-9H,1-5,10-13,18H2. The molecule has 0 aromatic heterocycles. The van der Waals surface area contributed by atoms with Crippen LogP contribution >= 0.6 is 11.6 Å². The van der Waals surface area contributed by atoms with E-state index >= 15 is 0 Å². The fraction of sp³-hybridized carbons (Fsp3) is 0.625. The Morgan fingerprint density at radius 3 is 2.06 bits per heavy atom. The number of halogens is 1. The Hall–Kier alpha value is -0.530. The van der Waals surface area contributed by atoms with E-state index in [1.54, 1.807) is 0 Å². The summed E-state index contributed by atoms with van der Waals surface area (Å²) in [4.78, 5) is 0. The van der Waals surface area contributed by atoms with Crippen molar-refractivity contribution in [2.75, 3.05) is 6.54 Å². The zero-order valence-corrected chi connectivity index (χ0v) is 11.9. The SMILES string of the molecule is NCC1(Cc2ccc(Cl)cc2)CCCCCCC1. The molecule has 0 heterocycles. The van der Waals surface area contributed by atoms with Gasteiger partial charge in [0.25, 0.3) is 0 Å². The predicted molar refractivity (Wildman–Crippen MR) is 79.0 cm³/mol. The van der Waals surface area contributed by atoms with E-state index in [4.69, 9.17) is 17.3 Å². The summed E-state index contributed by atoms with van der Waals surface area (Å²) in [7, 11) is 0. The zero-order valence-electron chi connectivity index (χ0n) is 11.1. The molecule has 0 saturated heterocycles. The molecule has 2 rings (SSSR count). The third-order valence-corrected chi connectivity index (χ3v) is 4.59. The number of hydrogen-bond acceptors (Lipinski definition) is 1. The molecule has 0 amide bonds. The molecule has 2 N–H and O–H groups in total. The monoisotopic (exact) mass is 265 g/mol. The van der Waals surface area contributed by atoms with Crippen molar-refractivity contribution in [3.05, 3.63) is 34.9 Å². The van der Waals surface area contributed by atoms with Crippen molar-refractivity contribution >= 4 is 11.6 Å². The second-order valence-corrected chi connectivity index (χ2v) is 6.21. The van der Waals surface area contributed by atoms with Crippen molar-refractivity contribution in [2.24, 2.45) is 11.1 Å². The molecule has 1 aromatic rings. The summed E-state index contributed by atoms with van der Waals surface area (Å²) >= 11 is 5.95. The minimum Gasteiger partial charge on any atom is -0.330 e. The van der Waals surface area contributed by atoms with Crippen LogP contribution in [0, 0.1) is 5.41 Å². The van der Waals surface area contributed by atoms with Crippen molar-refractivity contribution in [1.29, 1.82) is 0 Å². The molecule has 1 nitrogen and oxygen atoms in total. The molecule has 0 spiro atoms. The second-order valence-electron chi connectivity index (χ2n) is 5.78. The molecule has 1 aliphatic carbocycles. The number of rotatable bonds is 3. The fourth-order valence-electron chi connectivity index (χ4n) is 3.14. The van der Waals surface area contributed by atoms with Crippen LogP contribution in [0.2, 0.25) is 5.02 Å². The van der Waals surface area contributed by atoms with Crippen LogP contribution in [0.3, 0.4) is 0 Å². The summed E-state index contributed by atoms with van der Waals surface area (Å²) in [5.74, 6) is 0. The van der Waals surface area contributed by atoms with Gasteiger partial charge in [0, 0.05) is 5.02 Å². The van der Waals surface area contributed by atoms with Crippen LogP contribution in [-0.4, -0.2) is 6.54 Å². The van der Waals surface area contributed by atoms with Gasteiger partial charge in [0.05, 0.1) is 0 Å². The molecule has 18 heavy (non-hydrogen) atoms. The quantitative estimate of drug-likeness (QED) is 0.851. The van der Waals surface area contributed by atoms with Crippen molar-refractivity contribution in [3.8, 4) is 0 Å². The summed E-state index contributed by atoms with van der Waals surface area (Å²) in [6.07, 6.45) is 10.5. The maximum atomic E-state index is 6.11. The Balaban J connectivity index is 2.07. The molecule has 1 aliphatic rings. The molecule has 0 aliphatic heterocycles. The van der Waals surface area contributed by atoms with Gasteiger partial charge in [-0.25, -0.2) is 0 Å². The lowest BCUT2D eigenvalue weighted by atomic mass is 9.72. The van der Waals surface area contributed by atoms with Gasteiger partial charge in [-0.3, -0.25) is 0 Å². The smallest absolute Gasteiger partial charge is 0.0406 e. The highest BCUT2D eigenvalue weighted by Gasteiger charge is 2.28. The lowest BCUT2D eigenvalue weighted by Gasteiger charge is -2.34. The van der Waals surface area contributed by atoms with E-state index in [0.717, 1.165) is 18.0 Å². The molecule has 0 bridgehead atoms. The second kappa shape index (κ2) is 6.58. The Labute approximate surface area is 116 Å². The van der Waals surface area contributed by atoms with Gasteiger partial charge in [0.1, 0.15) is 0 Å². The number of hydrogen-bond donors (Lipinski definition) is 1. The number of benzene rings is 1. The molecule has 1 saturated carbocycles. The van der Waals surface area contributed by atoms with Gasteiger partial charge in [-0.1, -0.05) is 55.8 Å². The molecule has 0 unspecified atom stereocenters. The highest BCUT2D eigenvalue weighted by molar-refractivity contribution is 6.30. The van der Waals surface area contributed by atoms with Crippen LogP contribution in [0.1, 0.15) is 50.5 Å². The molecule has 2 heteroatoms. The first-order valence-corrected chi connectivity index (χ1v) is 7.56. The molecule has 1 fully saturated rings. The van der Waals surface area contributed by atoms with Gasteiger partial charge in [0.2, 0.25) is 0 Å². The average molecular weight is 266 g/mol. The average Bonchev–Trinajstić information content (AvgIpc) is 2.36. The van der Waals surface area contributed by atoms with E-state index < -0.39 is 0 Å². The van der Waals surface area contributed by atoms with Gasteiger partial charge < -0.3 is 5.73 Å². The van der Waals surface area contributed by atoms with E-state index in [2.05, 4.69) is 12.1 Å². The van der Waals surface area contributed by atoms with Crippen molar-refractivity contribution in [3.63, 3.8) is 0 Å². The van der Waals surface area contributed by atoms with E-state index in [0.29, 0.717) is 5.41 Å². The summed E-state index contributed by atoms with van der Waals surface area (Å²) in [6.45, 7) is 0.815. The van der Waals surface area contributed by atoms with Crippen LogP contribution < -0.4 is 5.73 Å². The zero-order chi connectivity index (χ0) is 12.8. The fourth-order valence-corrected chi connectivity index (χ4v) is 3.27.